The maximum absolute atomic E-state index is 11.8. The summed E-state index contributed by atoms with van der Waals surface area (Å²) in [7, 11) is 0. The summed E-state index contributed by atoms with van der Waals surface area (Å²) in [5.74, 6) is -0.748. The van der Waals surface area contributed by atoms with Gasteiger partial charge in [-0.2, -0.15) is 10.3 Å². The predicted octanol–water partition coefficient (Wildman–Crippen LogP) is 2.86. The van der Waals surface area contributed by atoms with Gasteiger partial charge in [-0.3, -0.25) is 10.1 Å². The number of rotatable bonds is 4. The molecule has 0 spiro atoms. The second-order valence-electron chi connectivity index (χ2n) is 3.78. The van der Waals surface area contributed by atoms with E-state index in [1.54, 1.807) is 6.92 Å². The van der Waals surface area contributed by atoms with Crippen molar-refractivity contribution in [2.24, 2.45) is 0 Å². The fourth-order valence-electron chi connectivity index (χ4n) is 1.64. The minimum Gasteiger partial charge on any atom is -0.461 e. The fourth-order valence-corrected chi connectivity index (χ4v) is 1.96. The van der Waals surface area contributed by atoms with Gasteiger partial charge in [0.2, 0.25) is 0 Å². The number of ether oxygens (including phenoxy) is 1. The first-order chi connectivity index (χ1) is 9.95. The van der Waals surface area contributed by atoms with Crippen LogP contribution in [0.1, 0.15) is 17.4 Å². The Balaban J connectivity index is 2.62. The highest BCUT2D eigenvalue weighted by Gasteiger charge is 2.26. The monoisotopic (exact) mass is 330 g/mol. The number of esters is 1. The van der Waals surface area contributed by atoms with E-state index in [0.717, 1.165) is 6.07 Å². The van der Waals surface area contributed by atoms with E-state index in [1.165, 1.54) is 6.07 Å². The van der Waals surface area contributed by atoms with Crippen molar-refractivity contribution in [3.05, 3.63) is 38.0 Å². The van der Waals surface area contributed by atoms with Crippen molar-refractivity contribution >= 4 is 34.9 Å². The van der Waals surface area contributed by atoms with Gasteiger partial charge in [0.05, 0.1) is 27.1 Å². The largest absolute Gasteiger partial charge is 0.461 e. The maximum atomic E-state index is 11.8. The lowest BCUT2D eigenvalue weighted by Gasteiger charge is -2.04. The van der Waals surface area contributed by atoms with E-state index in [9.17, 15) is 14.9 Å². The number of hydrogen-bond acceptors (Lipinski definition) is 6. The molecule has 0 fully saturated rings. The smallest absolute Gasteiger partial charge is 0.361 e. The van der Waals surface area contributed by atoms with Crippen LogP contribution in [0.5, 0.6) is 0 Å². The molecule has 0 aliphatic carbocycles. The van der Waals surface area contributed by atoms with E-state index in [-0.39, 0.29) is 39.3 Å². The Morgan fingerprint density at radius 3 is 2.67 bits per heavy atom. The number of nitro benzene ring substituents is 1. The van der Waals surface area contributed by atoms with Gasteiger partial charge in [-0.05, 0) is 13.0 Å². The maximum Gasteiger partial charge on any atom is 0.361 e. The molecule has 8 nitrogen and oxygen atoms in total. The first-order valence-electron chi connectivity index (χ1n) is 5.67. The van der Waals surface area contributed by atoms with Crippen molar-refractivity contribution in [2.75, 3.05) is 6.61 Å². The molecule has 0 saturated heterocycles. The summed E-state index contributed by atoms with van der Waals surface area (Å²) in [5, 5.41) is 20.9. The van der Waals surface area contributed by atoms with Gasteiger partial charge in [0, 0.05) is 6.07 Å². The molecule has 2 aromatic rings. The molecule has 0 amide bonds. The predicted molar refractivity (Wildman–Crippen MR) is 74.4 cm³/mol. The summed E-state index contributed by atoms with van der Waals surface area (Å²) in [6.45, 7) is 1.76. The molecule has 21 heavy (non-hydrogen) atoms. The summed E-state index contributed by atoms with van der Waals surface area (Å²) in [4.78, 5) is 22.2. The number of benzene rings is 1. The highest BCUT2D eigenvalue weighted by atomic mass is 35.5. The number of nitro groups is 1. The Kier molecular flexibility index (Phi) is 4.39. The Morgan fingerprint density at radius 2 is 2.05 bits per heavy atom. The molecular weight excluding hydrogens is 323 g/mol. The van der Waals surface area contributed by atoms with Crippen molar-refractivity contribution in [1.29, 1.82) is 0 Å². The molecule has 0 radical (unpaired) electrons. The molecule has 0 unspecified atom stereocenters. The first kappa shape index (κ1) is 15.2. The van der Waals surface area contributed by atoms with Crippen LogP contribution in [0, 0.1) is 10.1 Å². The number of H-pyrrole nitrogens is 1. The minimum atomic E-state index is -0.748. The number of halogens is 2. The van der Waals surface area contributed by atoms with Crippen molar-refractivity contribution in [1.82, 2.24) is 15.4 Å². The number of nitrogens with zero attached hydrogens (tertiary/aromatic N) is 3. The third-order valence-electron chi connectivity index (χ3n) is 2.51. The van der Waals surface area contributed by atoms with Crippen molar-refractivity contribution in [3.63, 3.8) is 0 Å². The quantitative estimate of drug-likeness (QED) is 0.524. The molecule has 1 N–H and O–H groups in total. The van der Waals surface area contributed by atoms with E-state index in [4.69, 9.17) is 27.9 Å². The Hall–Kier alpha value is -2.19. The van der Waals surface area contributed by atoms with Crippen LogP contribution in [-0.4, -0.2) is 32.9 Å². The molecule has 10 heteroatoms. The third-order valence-corrected chi connectivity index (χ3v) is 3.23. The molecule has 1 aromatic carbocycles. The van der Waals surface area contributed by atoms with Gasteiger partial charge in [0.25, 0.3) is 5.69 Å². The number of hydrogen-bond donors (Lipinski definition) is 1. The molecule has 0 saturated carbocycles. The van der Waals surface area contributed by atoms with Gasteiger partial charge in [0.1, 0.15) is 5.69 Å². The van der Waals surface area contributed by atoms with Crippen LogP contribution in [0.4, 0.5) is 5.69 Å². The van der Waals surface area contributed by atoms with Crippen LogP contribution in [-0.2, 0) is 4.74 Å². The number of nitrogens with one attached hydrogen (secondary N) is 1. The highest BCUT2D eigenvalue weighted by molar-refractivity contribution is 6.42. The van der Waals surface area contributed by atoms with E-state index < -0.39 is 10.9 Å². The van der Waals surface area contributed by atoms with Gasteiger partial charge in [-0.15, -0.1) is 5.10 Å². The highest BCUT2D eigenvalue weighted by Crippen LogP contribution is 2.36. The van der Waals surface area contributed by atoms with E-state index in [2.05, 4.69) is 15.4 Å². The summed E-state index contributed by atoms with van der Waals surface area (Å²) >= 11 is 11.6. The van der Waals surface area contributed by atoms with Crippen LogP contribution in [0.3, 0.4) is 0 Å². The summed E-state index contributed by atoms with van der Waals surface area (Å²) < 4.78 is 4.81. The van der Waals surface area contributed by atoms with E-state index >= 15 is 0 Å². The van der Waals surface area contributed by atoms with E-state index in [0.29, 0.717) is 0 Å². The van der Waals surface area contributed by atoms with E-state index in [1.807, 2.05) is 0 Å². The van der Waals surface area contributed by atoms with Crippen LogP contribution >= 0.6 is 23.2 Å². The molecular formula is C11H8Cl2N4O4. The lowest BCUT2D eigenvalue weighted by molar-refractivity contribution is -0.384. The average molecular weight is 331 g/mol. The van der Waals surface area contributed by atoms with Gasteiger partial charge < -0.3 is 4.74 Å². The molecule has 0 atom stereocenters. The number of aromatic amines is 1. The minimum absolute atomic E-state index is 0.0196. The van der Waals surface area contributed by atoms with Gasteiger partial charge in [0.15, 0.2) is 5.69 Å². The summed E-state index contributed by atoms with van der Waals surface area (Å²) in [6, 6.07) is 2.34. The average Bonchev–Trinajstić information content (AvgIpc) is 2.90. The van der Waals surface area contributed by atoms with Crippen molar-refractivity contribution in [2.45, 2.75) is 6.92 Å². The lowest BCUT2D eigenvalue weighted by Crippen LogP contribution is -2.07. The molecule has 0 aliphatic heterocycles. The third kappa shape index (κ3) is 2.96. The topological polar surface area (TPSA) is 111 Å². The zero-order chi connectivity index (χ0) is 15.6. The molecule has 0 bridgehead atoms. The molecule has 1 heterocycles. The Bertz CT molecular complexity index is 716. The fraction of sp³-hybridized carbons (Fsp3) is 0.182. The van der Waals surface area contributed by atoms with Crippen LogP contribution in [0.25, 0.3) is 11.3 Å². The van der Waals surface area contributed by atoms with Crippen LogP contribution in [0.2, 0.25) is 10.0 Å². The first-order valence-corrected chi connectivity index (χ1v) is 6.43. The Labute approximate surface area is 128 Å². The zero-order valence-electron chi connectivity index (χ0n) is 10.6. The zero-order valence-corrected chi connectivity index (χ0v) is 12.1. The number of aromatic nitrogens is 3. The van der Waals surface area contributed by atoms with Crippen molar-refractivity contribution < 1.29 is 14.5 Å². The molecule has 1 aromatic heterocycles. The Morgan fingerprint density at radius 1 is 1.38 bits per heavy atom. The lowest BCUT2D eigenvalue weighted by atomic mass is 10.1. The van der Waals surface area contributed by atoms with Crippen molar-refractivity contribution in [3.8, 4) is 11.3 Å². The summed E-state index contributed by atoms with van der Waals surface area (Å²) in [6.07, 6.45) is 0. The summed E-state index contributed by atoms with van der Waals surface area (Å²) in [5.41, 5.74) is -0.521. The van der Waals surface area contributed by atoms with Gasteiger partial charge in [-0.25, -0.2) is 4.79 Å². The van der Waals surface area contributed by atoms with Gasteiger partial charge in [-0.1, -0.05) is 23.2 Å². The second kappa shape index (κ2) is 6.06. The molecule has 110 valence electrons. The standard InChI is InChI=1S/C11H8Cl2N4O4/c1-2-21-11(18)10-9(14-16-15-10)5-3-6(12)7(13)4-8(5)17(19)20/h3-4H,2H2,1H3,(H,14,15,16). The molecule has 2 rings (SSSR count). The number of carbonyl (C=O) groups is 1. The SMILES string of the molecule is CCOC(=O)c1n[nH]nc1-c1cc(Cl)c(Cl)cc1[N+](=O)[O-]. The second-order valence-corrected chi connectivity index (χ2v) is 4.60. The van der Waals surface area contributed by atoms with Crippen LogP contribution in [0.15, 0.2) is 12.1 Å². The normalized spacial score (nSPS) is 10.4. The molecule has 0 aliphatic rings. The van der Waals surface area contributed by atoms with Gasteiger partial charge >= 0.3 is 5.97 Å². The van der Waals surface area contributed by atoms with Crippen LogP contribution < -0.4 is 0 Å². The number of carbonyl (C=O) groups excluding carboxylic acids is 1.